The molecule has 2 aromatic rings. The summed E-state index contributed by atoms with van der Waals surface area (Å²) in [5.41, 5.74) is 0.227. The van der Waals surface area contributed by atoms with Crippen molar-refractivity contribution in [3.05, 3.63) is 53.9 Å². The third kappa shape index (κ3) is 5.13. The minimum absolute atomic E-state index is 0. The monoisotopic (exact) mass is 316 g/mol. The summed E-state index contributed by atoms with van der Waals surface area (Å²) in [6.07, 6.45) is 1.97. The molecule has 3 nitrogen and oxygen atoms in total. The number of aromatic nitrogens is 1. The van der Waals surface area contributed by atoms with Crippen LogP contribution in [0.4, 0.5) is 12.9 Å². The topological polar surface area (TPSA) is 45.9 Å². The summed E-state index contributed by atoms with van der Waals surface area (Å²) in [6.45, 7) is -5.09. The zero-order valence-corrected chi connectivity index (χ0v) is 14.4. The molecule has 1 aromatic carbocycles. The van der Waals surface area contributed by atoms with Crippen LogP contribution in [0.15, 0.2) is 42.7 Å². The van der Waals surface area contributed by atoms with Gasteiger partial charge in [-0.3, -0.25) is 4.98 Å². The quantitative estimate of drug-likeness (QED) is 0.721. The molecule has 0 saturated heterocycles. The van der Waals surface area contributed by atoms with Crippen molar-refractivity contribution in [1.29, 1.82) is 5.26 Å². The van der Waals surface area contributed by atoms with Crippen molar-refractivity contribution in [3.8, 4) is 11.8 Å². The molecule has 0 N–H and O–H groups in total. The second-order valence-corrected chi connectivity index (χ2v) is 4.09. The molecule has 1 aromatic heterocycles. The summed E-state index contributed by atoms with van der Waals surface area (Å²) >= 11 is 0. The van der Waals surface area contributed by atoms with E-state index in [1.165, 1.54) is 6.20 Å². The van der Waals surface area contributed by atoms with Gasteiger partial charge in [0.05, 0.1) is 17.8 Å². The van der Waals surface area contributed by atoms with Crippen LogP contribution in [0.3, 0.4) is 0 Å². The fourth-order valence-electron chi connectivity index (χ4n) is 1.61. The van der Waals surface area contributed by atoms with E-state index in [1.54, 1.807) is 24.3 Å². The molecule has 0 aliphatic rings. The molecule has 1 heterocycles. The average Bonchev–Trinajstić information content (AvgIpc) is 2.45. The van der Waals surface area contributed by atoms with Gasteiger partial charge in [0, 0.05) is 11.8 Å². The number of halogens is 3. The Morgan fingerprint density at radius 1 is 1.19 bits per heavy atom. The molecular weight excluding hydrogens is 307 g/mol. The Hall–Kier alpha value is -0.849. The maximum absolute atomic E-state index is 12.6. The summed E-state index contributed by atoms with van der Waals surface area (Å²) < 4.78 is 43.0. The van der Waals surface area contributed by atoms with Gasteiger partial charge in [-0.1, -0.05) is 23.7 Å². The molecule has 2 rings (SSSR count). The molecule has 0 unspecified atom stereocenters. The average molecular weight is 316 g/mol. The molecule has 0 aliphatic heterocycles. The van der Waals surface area contributed by atoms with Crippen LogP contribution in [-0.2, 0) is 6.61 Å². The Kier molecular flexibility index (Phi) is 6.90. The molecule has 0 spiro atoms. The first-order chi connectivity index (χ1) is 9.50. The molecule has 0 aliphatic carbocycles. The standard InChI is InChI=1S/C13H9BF3N2O.K/c15-14(16,17)12-5-13(8-19-7-12)20-9-11-4-2-1-3-10(11)6-18;/h1-5,7-8H,9H2;/q-1;+1. The number of nitriles is 1. The van der Waals surface area contributed by atoms with Crippen LogP contribution in [0.2, 0.25) is 0 Å². The van der Waals surface area contributed by atoms with Crippen molar-refractivity contribution in [3.63, 3.8) is 0 Å². The third-order valence-electron chi connectivity index (χ3n) is 2.64. The van der Waals surface area contributed by atoms with Crippen LogP contribution < -0.4 is 61.6 Å². The third-order valence-corrected chi connectivity index (χ3v) is 2.64. The fraction of sp³-hybridized carbons (Fsp3) is 0.0769. The molecule has 0 saturated carbocycles. The molecule has 8 heteroatoms. The maximum atomic E-state index is 12.6. The number of rotatable bonds is 4. The van der Waals surface area contributed by atoms with Gasteiger partial charge in [-0.25, -0.2) is 0 Å². The van der Waals surface area contributed by atoms with E-state index in [0.717, 1.165) is 12.3 Å². The minimum atomic E-state index is -5.10. The maximum Gasteiger partial charge on any atom is 1.00 e. The second-order valence-electron chi connectivity index (χ2n) is 4.09. The van der Waals surface area contributed by atoms with E-state index >= 15 is 0 Å². The van der Waals surface area contributed by atoms with Crippen molar-refractivity contribution in [2.75, 3.05) is 0 Å². The number of benzene rings is 1. The van der Waals surface area contributed by atoms with Crippen LogP contribution >= 0.6 is 0 Å². The van der Waals surface area contributed by atoms with Crippen LogP contribution in [0.1, 0.15) is 11.1 Å². The summed E-state index contributed by atoms with van der Waals surface area (Å²) in [5, 5.41) is 8.90. The van der Waals surface area contributed by atoms with Crippen molar-refractivity contribution >= 4 is 12.4 Å². The van der Waals surface area contributed by atoms with E-state index in [-0.39, 0.29) is 63.7 Å². The van der Waals surface area contributed by atoms with Gasteiger partial charge in [-0.05, 0) is 12.1 Å². The Morgan fingerprint density at radius 2 is 1.90 bits per heavy atom. The number of ether oxygens (including phenoxy) is 1. The predicted molar refractivity (Wildman–Crippen MR) is 68.4 cm³/mol. The van der Waals surface area contributed by atoms with E-state index in [1.807, 2.05) is 6.07 Å². The normalized spacial score (nSPS) is 10.4. The fourth-order valence-corrected chi connectivity index (χ4v) is 1.61. The molecular formula is C13H9BF3KN2O. The van der Waals surface area contributed by atoms with Gasteiger partial charge in [0.15, 0.2) is 0 Å². The van der Waals surface area contributed by atoms with Crippen LogP contribution in [0.25, 0.3) is 0 Å². The Bertz CT molecular complexity index is 658. The van der Waals surface area contributed by atoms with Gasteiger partial charge in [0.1, 0.15) is 12.4 Å². The zero-order chi connectivity index (χ0) is 14.6. The van der Waals surface area contributed by atoms with Gasteiger partial charge >= 0.3 is 58.4 Å². The zero-order valence-electron chi connectivity index (χ0n) is 11.3. The molecule has 102 valence electrons. The van der Waals surface area contributed by atoms with Gasteiger partial charge in [-0.15, -0.1) is 0 Å². The van der Waals surface area contributed by atoms with Crippen molar-refractivity contribution in [2.45, 2.75) is 6.61 Å². The Balaban J connectivity index is 0.00000220. The van der Waals surface area contributed by atoms with Gasteiger partial charge in [0.25, 0.3) is 0 Å². The summed E-state index contributed by atoms with van der Waals surface area (Å²) in [6, 6.07) is 9.63. The van der Waals surface area contributed by atoms with Crippen LogP contribution in [0, 0.1) is 11.3 Å². The Morgan fingerprint density at radius 3 is 2.57 bits per heavy atom. The smallest absolute Gasteiger partial charge is 0.487 e. The van der Waals surface area contributed by atoms with Crippen molar-refractivity contribution in [2.24, 2.45) is 0 Å². The number of nitrogens with zero attached hydrogens (tertiary/aromatic N) is 2. The van der Waals surface area contributed by atoms with Gasteiger partial charge in [-0.2, -0.15) is 5.26 Å². The SMILES string of the molecule is N#Cc1ccccc1COc1cncc([B-](F)(F)F)c1.[K+]. The minimum Gasteiger partial charge on any atom is -0.487 e. The Labute approximate surface area is 162 Å². The molecule has 21 heavy (non-hydrogen) atoms. The van der Waals surface area contributed by atoms with E-state index < -0.39 is 12.4 Å². The first kappa shape index (κ1) is 18.2. The van der Waals surface area contributed by atoms with E-state index in [0.29, 0.717) is 11.1 Å². The summed E-state index contributed by atoms with van der Waals surface area (Å²) in [5.74, 6) is 0.0226. The molecule has 0 amide bonds. The van der Waals surface area contributed by atoms with Gasteiger partial charge in [0.2, 0.25) is 0 Å². The predicted octanol–water partition coefficient (Wildman–Crippen LogP) is -0.409. The molecule has 0 radical (unpaired) electrons. The van der Waals surface area contributed by atoms with Crippen LogP contribution in [-0.4, -0.2) is 12.0 Å². The molecule has 0 fully saturated rings. The number of pyridine rings is 1. The van der Waals surface area contributed by atoms with Crippen LogP contribution in [0.5, 0.6) is 5.75 Å². The molecule has 0 atom stereocenters. The summed E-state index contributed by atoms with van der Waals surface area (Å²) in [4.78, 5) is 3.51. The van der Waals surface area contributed by atoms with Crippen molar-refractivity contribution < 1.29 is 69.1 Å². The number of hydrogen-bond donors (Lipinski definition) is 0. The van der Waals surface area contributed by atoms with E-state index in [2.05, 4.69) is 4.98 Å². The second kappa shape index (κ2) is 7.96. The first-order valence-corrected chi connectivity index (χ1v) is 5.76. The largest absolute Gasteiger partial charge is 1.00 e. The molecule has 0 bridgehead atoms. The number of hydrogen-bond acceptors (Lipinski definition) is 3. The van der Waals surface area contributed by atoms with E-state index in [9.17, 15) is 12.9 Å². The van der Waals surface area contributed by atoms with Gasteiger partial charge < -0.3 is 17.7 Å². The van der Waals surface area contributed by atoms with Crippen molar-refractivity contribution in [1.82, 2.24) is 4.98 Å². The van der Waals surface area contributed by atoms with E-state index in [4.69, 9.17) is 10.00 Å². The summed E-state index contributed by atoms with van der Waals surface area (Å²) in [7, 11) is 0. The first-order valence-electron chi connectivity index (χ1n) is 5.76.